The average molecular weight is 253 g/mol. The average Bonchev–Trinajstić information content (AvgIpc) is 2.46. The number of halogens is 1. The Balaban J connectivity index is 2.80. The third-order valence-corrected chi connectivity index (χ3v) is 2.85. The summed E-state index contributed by atoms with van der Waals surface area (Å²) in [7, 11) is 1.91. The number of nitrogens with zero attached hydrogens (tertiary/aromatic N) is 2. The number of aryl methyl sites for hydroxylation is 1. The van der Waals surface area contributed by atoms with E-state index >= 15 is 0 Å². The summed E-state index contributed by atoms with van der Waals surface area (Å²) >= 11 is 3.36. The summed E-state index contributed by atoms with van der Waals surface area (Å²) in [4.78, 5) is 15.5. The Morgan fingerprint density at radius 1 is 1.50 bits per heavy atom. The zero-order chi connectivity index (χ0) is 10.3. The van der Waals surface area contributed by atoms with Crippen molar-refractivity contribution >= 4 is 32.7 Å². The van der Waals surface area contributed by atoms with Gasteiger partial charge in [0, 0.05) is 17.1 Å². The van der Waals surface area contributed by atoms with Crippen LogP contribution in [-0.2, 0) is 7.05 Å². The van der Waals surface area contributed by atoms with Gasteiger partial charge in [-0.15, -0.1) is 0 Å². The van der Waals surface area contributed by atoms with Crippen LogP contribution >= 0.6 is 15.9 Å². The highest BCUT2D eigenvalue weighted by Crippen LogP contribution is 2.23. The van der Waals surface area contributed by atoms with Gasteiger partial charge in [0.1, 0.15) is 0 Å². The van der Waals surface area contributed by atoms with E-state index in [0.29, 0.717) is 5.56 Å². The van der Waals surface area contributed by atoms with Crippen LogP contribution in [0.4, 0.5) is 0 Å². The summed E-state index contributed by atoms with van der Waals surface area (Å²) < 4.78 is 2.70. The highest BCUT2D eigenvalue weighted by Gasteiger charge is 2.09. The Hall–Kier alpha value is -1.16. The maximum atomic E-state index is 11.3. The van der Waals surface area contributed by atoms with Crippen molar-refractivity contribution in [3.63, 3.8) is 0 Å². The van der Waals surface area contributed by atoms with Gasteiger partial charge in [-0.1, -0.05) is 0 Å². The lowest BCUT2D eigenvalue weighted by Crippen LogP contribution is -1.94. The molecule has 0 unspecified atom stereocenters. The summed E-state index contributed by atoms with van der Waals surface area (Å²) in [5, 5.41) is 0. The van der Waals surface area contributed by atoms with Crippen molar-refractivity contribution in [2.24, 2.45) is 7.05 Å². The Labute approximate surface area is 89.9 Å². The van der Waals surface area contributed by atoms with Gasteiger partial charge in [0.15, 0.2) is 5.78 Å². The molecule has 0 amide bonds. The molecule has 0 aliphatic rings. The third kappa shape index (κ3) is 1.35. The Morgan fingerprint density at radius 3 is 2.86 bits per heavy atom. The minimum absolute atomic E-state index is 0.0555. The first-order chi connectivity index (χ1) is 6.59. The Bertz CT molecular complexity index is 516. The lowest BCUT2D eigenvalue weighted by Gasteiger charge is -2.01. The number of fused-ring (bicyclic) bond motifs is 1. The molecule has 4 heteroatoms. The topological polar surface area (TPSA) is 34.9 Å². The van der Waals surface area contributed by atoms with Crippen LogP contribution in [0, 0.1) is 0 Å². The predicted molar refractivity (Wildman–Crippen MR) is 58.4 cm³/mol. The van der Waals surface area contributed by atoms with Crippen molar-refractivity contribution in [2.45, 2.75) is 6.92 Å². The van der Waals surface area contributed by atoms with E-state index in [4.69, 9.17) is 0 Å². The van der Waals surface area contributed by atoms with Gasteiger partial charge in [-0.25, -0.2) is 4.98 Å². The van der Waals surface area contributed by atoms with Crippen LogP contribution in [0.1, 0.15) is 17.3 Å². The minimum Gasteiger partial charge on any atom is -0.334 e. The van der Waals surface area contributed by atoms with E-state index in [0.717, 1.165) is 15.5 Å². The zero-order valence-corrected chi connectivity index (χ0v) is 9.50. The molecular formula is C10H9BrN2O. The monoisotopic (exact) mass is 252 g/mol. The number of benzene rings is 1. The molecule has 0 aliphatic heterocycles. The number of aromatic nitrogens is 2. The highest BCUT2D eigenvalue weighted by atomic mass is 79.9. The SMILES string of the molecule is CC(=O)c1cc2c(cc1Br)ncn2C. The number of rotatable bonds is 1. The number of carbonyl (C=O) groups excluding carboxylic acids is 1. The molecule has 1 aromatic heterocycles. The molecule has 0 fully saturated rings. The fourth-order valence-corrected chi connectivity index (χ4v) is 2.03. The largest absolute Gasteiger partial charge is 0.334 e. The maximum absolute atomic E-state index is 11.3. The predicted octanol–water partition coefficient (Wildman–Crippen LogP) is 2.54. The summed E-state index contributed by atoms with van der Waals surface area (Å²) in [6.45, 7) is 1.56. The van der Waals surface area contributed by atoms with Crippen molar-refractivity contribution in [3.8, 4) is 0 Å². The molecule has 1 aromatic carbocycles. The number of carbonyl (C=O) groups is 1. The second-order valence-electron chi connectivity index (χ2n) is 3.23. The van der Waals surface area contributed by atoms with E-state index in [-0.39, 0.29) is 5.78 Å². The van der Waals surface area contributed by atoms with E-state index in [1.54, 1.807) is 13.3 Å². The fraction of sp³-hybridized carbons (Fsp3) is 0.200. The second-order valence-corrected chi connectivity index (χ2v) is 4.09. The summed E-state index contributed by atoms with van der Waals surface area (Å²) in [5.74, 6) is 0.0555. The van der Waals surface area contributed by atoms with Crippen molar-refractivity contribution in [1.82, 2.24) is 9.55 Å². The molecular weight excluding hydrogens is 244 g/mol. The molecule has 0 saturated heterocycles. The van der Waals surface area contributed by atoms with Crippen molar-refractivity contribution in [2.75, 3.05) is 0 Å². The van der Waals surface area contributed by atoms with E-state index in [9.17, 15) is 4.79 Å². The summed E-state index contributed by atoms with van der Waals surface area (Å²) in [6, 6.07) is 3.72. The molecule has 72 valence electrons. The van der Waals surface area contributed by atoms with Gasteiger partial charge in [-0.2, -0.15) is 0 Å². The van der Waals surface area contributed by atoms with Gasteiger partial charge in [0.2, 0.25) is 0 Å². The van der Waals surface area contributed by atoms with Crippen LogP contribution in [0.5, 0.6) is 0 Å². The first-order valence-electron chi connectivity index (χ1n) is 4.21. The second kappa shape index (κ2) is 3.20. The molecule has 2 rings (SSSR count). The highest BCUT2D eigenvalue weighted by molar-refractivity contribution is 9.10. The standard InChI is InChI=1S/C10H9BrN2O/c1-6(14)7-3-10-9(4-8(7)11)12-5-13(10)2/h3-5H,1-2H3. The van der Waals surface area contributed by atoms with Crippen LogP contribution < -0.4 is 0 Å². The van der Waals surface area contributed by atoms with Crippen LogP contribution in [0.25, 0.3) is 11.0 Å². The van der Waals surface area contributed by atoms with E-state index in [2.05, 4.69) is 20.9 Å². The molecule has 14 heavy (non-hydrogen) atoms. The van der Waals surface area contributed by atoms with Crippen molar-refractivity contribution < 1.29 is 4.79 Å². The molecule has 0 N–H and O–H groups in total. The van der Waals surface area contributed by atoms with E-state index in [1.807, 2.05) is 23.7 Å². The number of imidazole rings is 1. The number of Topliss-reactive ketones (excluding diaryl/α,β-unsaturated/α-hetero) is 1. The van der Waals surface area contributed by atoms with Gasteiger partial charge < -0.3 is 4.57 Å². The van der Waals surface area contributed by atoms with Gasteiger partial charge >= 0.3 is 0 Å². The summed E-state index contributed by atoms with van der Waals surface area (Å²) in [6.07, 6.45) is 1.74. The molecule has 1 heterocycles. The lowest BCUT2D eigenvalue weighted by molar-refractivity contribution is 0.101. The molecule has 0 saturated carbocycles. The van der Waals surface area contributed by atoms with Crippen LogP contribution in [0.2, 0.25) is 0 Å². The number of hydrogen-bond acceptors (Lipinski definition) is 2. The Kier molecular flexibility index (Phi) is 2.15. The van der Waals surface area contributed by atoms with Crippen LogP contribution in [0.3, 0.4) is 0 Å². The first-order valence-corrected chi connectivity index (χ1v) is 5.00. The maximum Gasteiger partial charge on any atom is 0.161 e. The van der Waals surface area contributed by atoms with Gasteiger partial charge in [0.05, 0.1) is 17.4 Å². The van der Waals surface area contributed by atoms with Crippen molar-refractivity contribution in [1.29, 1.82) is 0 Å². The number of hydrogen-bond donors (Lipinski definition) is 0. The molecule has 0 spiro atoms. The first kappa shape index (κ1) is 9.40. The lowest BCUT2D eigenvalue weighted by atomic mass is 10.1. The summed E-state index contributed by atoms with van der Waals surface area (Å²) in [5.41, 5.74) is 2.56. The molecule has 2 aromatic rings. The zero-order valence-electron chi connectivity index (χ0n) is 7.91. The normalized spacial score (nSPS) is 10.8. The number of ketones is 1. The van der Waals surface area contributed by atoms with Crippen molar-refractivity contribution in [3.05, 3.63) is 28.5 Å². The molecule has 3 nitrogen and oxygen atoms in total. The van der Waals surface area contributed by atoms with Gasteiger partial charge in [0.25, 0.3) is 0 Å². The third-order valence-electron chi connectivity index (χ3n) is 2.19. The van der Waals surface area contributed by atoms with Gasteiger partial charge in [-0.3, -0.25) is 4.79 Å². The van der Waals surface area contributed by atoms with Crippen LogP contribution in [0.15, 0.2) is 22.9 Å². The molecule has 0 bridgehead atoms. The van der Waals surface area contributed by atoms with E-state index in [1.165, 1.54) is 0 Å². The molecule has 0 radical (unpaired) electrons. The Morgan fingerprint density at radius 2 is 2.21 bits per heavy atom. The smallest absolute Gasteiger partial charge is 0.161 e. The molecule has 0 atom stereocenters. The quantitative estimate of drug-likeness (QED) is 0.732. The molecule has 0 aliphatic carbocycles. The fourth-order valence-electron chi connectivity index (χ4n) is 1.42. The van der Waals surface area contributed by atoms with Gasteiger partial charge in [-0.05, 0) is 35.0 Å². The van der Waals surface area contributed by atoms with Crippen LogP contribution in [-0.4, -0.2) is 15.3 Å². The minimum atomic E-state index is 0.0555. The van der Waals surface area contributed by atoms with E-state index < -0.39 is 0 Å².